The number of rotatable bonds is 2. The molecule has 1 aromatic rings. The van der Waals surface area contributed by atoms with Gasteiger partial charge in [-0.2, -0.15) is 0 Å². The van der Waals surface area contributed by atoms with Crippen LogP contribution in [-0.2, 0) is 4.79 Å². The van der Waals surface area contributed by atoms with E-state index in [2.05, 4.69) is 10.3 Å². The molecule has 96 valence electrons. The first kappa shape index (κ1) is 14.4. The molecule has 1 aromatic heterocycles. The van der Waals surface area contributed by atoms with Crippen molar-refractivity contribution < 1.29 is 4.79 Å². The van der Waals surface area contributed by atoms with Crippen molar-refractivity contribution in [1.29, 1.82) is 0 Å². The van der Waals surface area contributed by atoms with Crippen LogP contribution < -0.4 is 11.1 Å². The molecule has 0 spiro atoms. The molecule has 0 bridgehead atoms. The predicted molar refractivity (Wildman–Crippen MR) is 72.8 cm³/mol. The Morgan fingerprint density at radius 3 is 2.65 bits per heavy atom. The first-order valence-corrected chi connectivity index (χ1v) is 6.40. The number of aryl methyl sites for hydroxylation is 2. The van der Waals surface area contributed by atoms with Gasteiger partial charge in [-0.3, -0.25) is 4.79 Å². The van der Waals surface area contributed by atoms with Gasteiger partial charge < -0.3 is 11.1 Å². The molecule has 0 aliphatic heterocycles. The smallest absolute Gasteiger partial charge is 0.230 e. The Balaban J connectivity index is 0.00000144. The summed E-state index contributed by atoms with van der Waals surface area (Å²) in [7, 11) is 0. The van der Waals surface area contributed by atoms with Crippen molar-refractivity contribution >= 4 is 34.8 Å². The van der Waals surface area contributed by atoms with E-state index in [1.54, 1.807) is 0 Å². The van der Waals surface area contributed by atoms with Gasteiger partial charge >= 0.3 is 0 Å². The zero-order chi connectivity index (χ0) is 11.7. The Bertz CT molecular complexity index is 388. The molecule has 0 saturated heterocycles. The van der Waals surface area contributed by atoms with E-state index in [1.807, 2.05) is 13.8 Å². The fourth-order valence-corrected chi connectivity index (χ4v) is 2.86. The van der Waals surface area contributed by atoms with E-state index >= 15 is 0 Å². The standard InChI is InChI=1S/C11H17N3OS.ClH/c1-6-7(2)16-11(13-6)14-10(15)8-4-3-5-9(8)12;/h8-9H,3-5,12H2,1-2H3,(H,13,14,15);1H. The Hall–Kier alpha value is -0.650. The zero-order valence-corrected chi connectivity index (χ0v) is 11.7. The van der Waals surface area contributed by atoms with Crippen LogP contribution in [0.5, 0.6) is 0 Å². The van der Waals surface area contributed by atoms with Crippen molar-refractivity contribution in [2.45, 2.75) is 39.2 Å². The molecule has 2 unspecified atom stereocenters. The van der Waals surface area contributed by atoms with E-state index in [4.69, 9.17) is 5.73 Å². The second kappa shape index (κ2) is 5.80. The molecule has 3 N–H and O–H groups in total. The molecule has 4 nitrogen and oxygen atoms in total. The first-order valence-electron chi connectivity index (χ1n) is 5.58. The third-order valence-corrected chi connectivity index (χ3v) is 4.15. The third-order valence-electron chi connectivity index (χ3n) is 3.16. The summed E-state index contributed by atoms with van der Waals surface area (Å²) in [5.74, 6) is -0.0109. The minimum atomic E-state index is -0.0375. The number of anilines is 1. The van der Waals surface area contributed by atoms with Crippen LogP contribution in [0.2, 0.25) is 0 Å². The van der Waals surface area contributed by atoms with Crippen molar-refractivity contribution in [3.05, 3.63) is 10.6 Å². The number of thiazole rings is 1. The fraction of sp³-hybridized carbons (Fsp3) is 0.636. The Kier molecular flexibility index (Phi) is 4.91. The third kappa shape index (κ3) is 3.18. The maximum Gasteiger partial charge on any atom is 0.230 e. The lowest BCUT2D eigenvalue weighted by atomic mass is 10.0. The highest BCUT2D eigenvalue weighted by molar-refractivity contribution is 7.15. The normalized spacial score (nSPS) is 23.2. The summed E-state index contributed by atoms with van der Waals surface area (Å²) in [6.07, 6.45) is 2.90. The number of carbonyl (C=O) groups is 1. The van der Waals surface area contributed by atoms with Crippen LogP contribution in [0.4, 0.5) is 5.13 Å². The summed E-state index contributed by atoms with van der Waals surface area (Å²) < 4.78 is 0. The summed E-state index contributed by atoms with van der Waals surface area (Å²) >= 11 is 1.52. The summed E-state index contributed by atoms with van der Waals surface area (Å²) in [6, 6.07) is 0.0159. The zero-order valence-electron chi connectivity index (χ0n) is 10.0. The van der Waals surface area contributed by atoms with Crippen molar-refractivity contribution in [3.8, 4) is 0 Å². The summed E-state index contributed by atoms with van der Waals surface area (Å²) in [5.41, 5.74) is 6.87. The van der Waals surface area contributed by atoms with E-state index in [9.17, 15) is 4.79 Å². The van der Waals surface area contributed by atoms with Gasteiger partial charge in [0.2, 0.25) is 5.91 Å². The molecule has 2 atom stereocenters. The Morgan fingerprint density at radius 2 is 2.18 bits per heavy atom. The average Bonchev–Trinajstić information content (AvgIpc) is 2.74. The van der Waals surface area contributed by atoms with Gasteiger partial charge in [0.15, 0.2) is 5.13 Å². The number of nitrogens with two attached hydrogens (primary N) is 1. The number of nitrogens with one attached hydrogen (secondary N) is 1. The highest BCUT2D eigenvalue weighted by Gasteiger charge is 2.30. The topological polar surface area (TPSA) is 68.0 Å². The predicted octanol–water partition coefficient (Wildman–Crippen LogP) is 2.25. The number of hydrogen-bond acceptors (Lipinski definition) is 4. The molecule has 1 amide bonds. The van der Waals surface area contributed by atoms with Crippen LogP contribution in [-0.4, -0.2) is 16.9 Å². The van der Waals surface area contributed by atoms with Crippen molar-refractivity contribution in [2.75, 3.05) is 5.32 Å². The van der Waals surface area contributed by atoms with Gasteiger partial charge in [0, 0.05) is 10.9 Å². The van der Waals surface area contributed by atoms with Gasteiger partial charge in [-0.15, -0.1) is 23.7 Å². The maximum atomic E-state index is 11.9. The number of aromatic nitrogens is 1. The second-order valence-corrected chi connectivity index (χ2v) is 5.55. The fourth-order valence-electron chi connectivity index (χ4n) is 2.04. The maximum absolute atomic E-state index is 11.9. The van der Waals surface area contributed by atoms with Gasteiger partial charge in [0.25, 0.3) is 0 Å². The summed E-state index contributed by atoms with van der Waals surface area (Å²) in [6.45, 7) is 3.95. The lowest BCUT2D eigenvalue weighted by molar-refractivity contribution is -0.120. The summed E-state index contributed by atoms with van der Waals surface area (Å²) in [5, 5.41) is 3.56. The molecule has 1 saturated carbocycles. The van der Waals surface area contributed by atoms with Crippen LogP contribution in [0.25, 0.3) is 0 Å². The molecule has 17 heavy (non-hydrogen) atoms. The van der Waals surface area contributed by atoms with Crippen LogP contribution >= 0.6 is 23.7 Å². The first-order chi connectivity index (χ1) is 7.58. The van der Waals surface area contributed by atoms with Crippen LogP contribution in [0.15, 0.2) is 0 Å². The minimum Gasteiger partial charge on any atom is -0.327 e. The lowest BCUT2D eigenvalue weighted by Crippen LogP contribution is -2.34. The van der Waals surface area contributed by atoms with E-state index in [-0.39, 0.29) is 30.3 Å². The van der Waals surface area contributed by atoms with Crippen molar-refractivity contribution in [1.82, 2.24) is 4.98 Å². The Morgan fingerprint density at radius 1 is 1.47 bits per heavy atom. The molecule has 6 heteroatoms. The number of hydrogen-bond donors (Lipinski definition) is 2. The van der Waals surface area contributed by atoms with E-state index in [0.717, 1.165) is 29.8 Å². The minimum absolute atomic E-state index is 0. The lowest BCUT2D eigenvalue weighted by Gasteiger charge is -2.13. The van der Waals surface area contributed by atoms with Gasteiger partial charge in [-0.05, 0) is 26.7 Å². The van der Waals surface area contributed by atoms with Crippen LogP contribution in [0.1, 0.15) is 29.8 Å². The SMILES string of the molecule is Cc1nc(NC(=O)C2CCCC2N)sc1C.Cl. The highest BCUT2D eigenvalue weighted by Crippen LogP contribution is 2.27. The molecular weight excluding hydrogens is 258 g/mol. The van der Waals surface area contributed by atoms with Gasteiger partial charge in [0.05, 0.1) is 11.6 Å². The van der Waals surface area contributed by atoms with E-state index in [0.29, 0.717) is 5.13 Å². The molecule has 1 aliphatic carbocycles. The van der Waals surface area contributed by atoms with E-state index in [1.165, 1.54) is 11.3 Å². The molecule has 2 rings (SSSR count). The molecule has 1 heterocycles. The number of amides is 1. The monoisotopic (exact) mass is 275 g/mol. The Labute approximate surface area is 111 Å². The molecule has 1 aliphatic rings. The molecule has 1 fully saturated rings. The van der Waals surface area contributed by atoms with Gasteiger partial charge in [0.1, 0.15) is 0 Å². The molecule has 0 radical (unpaired) electrons. The van der Waals surface area contributed by atoms with Gasteiger partial charge in [-0.25, -0.2) is 4.98 Å². The van der Waals surface area contributed by atoms with Crippen molar-refractivity contribution in [2.24, 2.45) is 11.7 Å². The largest absolute Gasteiger partial charge is 0.327 e. The number of nitrogens with zero attached hydrogens (tertiary/aromatic N) is 1. The van der Waals surface area contributed by atoms with Crippen LogP contribution in [0.3, 0.4) is 0 Å². The molecular formula is C11H18ClN3OS. The highest BCUT2D eigenvalue weighted by atomic mass is 35.5. The second-order valence-electron chi connectivity index (χ2n) is 4.35. The quantitative estimate of drug-likeness (QED) is 0.870. The average molecular weight is 276 g/mol. The van der Waals surface area contributed by atoms with E-state index < -0.39 is 0 Å². The number of halogens is 1. The molecule has 0 aromatic carbocycles. The summed E-state index contributed by atoms with van der Waals surface area (Å²) in [4.78, 5) is 17.4. The van der Waals surface area contributed by atoms with Crippen molar-refractivity contribution in [3.63, 3.8) is 0 Å². The number of carbonyl (C=O) groups excluding carboxylic acids is 1. The van der Waals surface area contributed by atoms with Crippen LogP contribution in [0, 0.1) is 19.8 Å². The van der Waals surface area contributed by atoms with Gasteiger partial charge in [-0.1, -0.05) is 6.42 Å².